The number of benzene rings is 3. The highest BCUT2D eigenvalue weighted by Crippen LogP contribution is 2.37. The van der Waals surface area contributed by atoms with Crippen LogP contribution in [0.5, 0.6) is 11.5 Å². The Morgan fingerprint density at radius 2 is 1.65 bits per heavy atom. The van der Waals surface area contributed by atoms with Gasteiger partial charge in [-0.2, -0.15) is 0 Å². The third-order valence-corrected chi connectivity index (χ3v) is 6.01. The molecule has 3 aromatic rings. The average molecular weight is 515 g/mol. The van der Waals surface area contributed by atoms with Crippen LogP contribution >= 0.6 is 0 Å². The number of hydrogen-bond acceptors (Lipinski definition) is 3. The van der Waals surface area contributed by atoms with Gasteiger partial charge in [-0.3, -0.25) is 4.79 Å². The van der Waals surface area contributed by atoms with Crippen LogP contribution in [-0.4, -0.2) is 24.1 Å². The summed E-state index contributed by atoms with van der Waals surface area (Å²) in [7, 11) is 1.53. The second-order valence-corrected chi connectivity index (χ2v) is 10.5. The second kappa shape index (κ2) is 11.3. The van der Waals surface area contributed by atoms with E-state index in [0.29, 0.717) is 29.0 Å². The molecule has 1 atom stereocenters. The predicted octanol–water partition coefficient (Wildman–Crippen LogP) is 7.88. The normalized spacial score (nSPS) is 12.8. The quantitative estimate of drug-likeness (QED) is 0.299. The van der Waals surface area contributed by atoms with Crippen molar-refractivity contribution in [2.45, 2.75) is 59.0 Å². The van der Waals surface area contributed by atoms with E-state index in [1.807, 2.05) is 12.1 Å². The minimum Gasteiger partial charge on any atom is -0.497 e. The van der Waals surface area contributed by atoms with Gasteiger partial charge in [0.1, 0.15) is 23.9 Å². The molecule has 0 spiro atoms. The smallest absolute Gasteiger partial charge is 0.304 e. The molecule has 0 aliphatic heterocycles. The van der Waals surface area contributed by atoms with Gasteiger partial charge in [0.2, 0.25) is 0 Å². The molecule has 3 aromatic carbocycles. The molecule has 198 valence electrons. The lowest BCUT2D eigenvalue weighted by Crippen LogP contribution is -2.25. The molecule has 7 heteroatoms. The van der Waals surface area contributed by atoms with Crippen LogP contribution in [0.15, 0.2) is 60.7 Å². The molecule has 0 radical (unpaired) electrons. The van der Waals surface area contributed by atoms with E-state index in [9.17, 15) is 18.0 Å². The van der Waals surface area contributed by atoms with Crippen molar-refractivity contribution in [1.29, 1.82) is 0 Å². The summed E-state index contributed by atoms with van der Waals surface area (Å²) in [5.74, 6) is -5.17. The van der Waals surface area contributed by atoms with E-state index >= 15 is 0 Å². The molecule has 0 saturated heterocycles. The standard InChI is InChI=1S/C30H33F3O4/c1-29(2,3)17-21-14-23(9-11-24(21)25-15-22(36-5)10-12-27(25)31)37-18-19-7-6-8-20(13-19)26(16-28(34)35)30(4,32)33/h6-15,26H,16-18H2,1-5H3,(H,34,35). The summed E-state index contributed by atoms with van der Waals surface area (Å²) in [6.45, 7) is 7.11. The van der Waals surface area contributed by atoms with E-state index in [1.54, 1.807) is 36.4 Å². The summed E-state index contributed by atoms with van der Waals surface area (Å²) < 4.78 is 54.3. The number of carbonyl (C=O) groups is 1. The summed E-state index contributed by atoms with van der Waals surface area (Å²) in [5, 5.41) is 9.10. The van der Waals surface area contributed by atoms with Gasteiger partial charge in [-0.05, 0) is 71.3 Å². The van der Waals surface area contributed by atoms with Crippen LogP contribution in [0, 0.1) is 11.2 Å². The van der Waals surface area contributed by atoms with Crippen LogP contribution in [0.25, 0.3) is 11.1 Å². The Bertz CT molecular complexity index is 1240. The zero-order valence-corrected chi connectivity index (χ0v) is 21.8. The van der Waals surface area contributed by atoms with Gasteiger partial charge in [0.15, 0.2) is 0 Å². The minimum absolute atomic E-state index is 0.0818. The molecule has 0 saturated carbocycles. The maximum atomic E-state index is 14.8. The maximum absolute atomic E-state index is 14.8. The lowest BCUT2D eigenvalue weighted by atomic mass is 9.84. The van der Waals surface area contributed by atoms with E-state index in [1.165, 1.54) is 19.2 Å². The molecule has 0 fully saturated rings. The average Bonchev–Trinajstić information content (AvgIpc) is 2.80. The van der Waals surface area contributed by atoms with E-state index in [0.717, 1.165) is 18.1 Å². The second-order valence-electron chi connectivity index (χ2n) is 10.5. The van der Waals surface area contributed by atoms with E-state index in [2.05, 4.69) is 20.8 Å². The fraction of sp³-hybridized carbons (Fsp3) is 0.367. The lowest BCUT2D eigenvalue weighted by molar-refractivity contribution is -0.140. The monoisotopic (exact) mass is 514 g/mol. The van der Waals surface area contributed by atoms with Gasteiger partial charge in [0.25, 0.3) is 5.92 Å². The molecule has 0 amide bonds. The zero-order chi connectivity index (χ0) is 27.4. The molecule has 0 aliphatic rings. The van der Waals surface area contributed by atoms with Gasteiger partial charge in [-0.1, -0.05) is 51.1 Å². The molecule has 37 heavy (non-hydrogen) atoms. The topological polar surface area (TPSA) is 55.8 Å². The minimum atomic E-state index is -3.19. The van der Waals surface area contributed by atoms with Gasteiger partial charge in [-0.15, -0.1) is 0 Å². The molecule has 0 bridgehead atoms. The summed E-state index contributed by atoms with van der Waals surface area (Å²) in [4.78, 5) is 11.2. The Kier molecular flexibility index (Phi) is 8.57. The van der Waals surface area contributed by atoms with Gasteiger partial charge in [0, 0.05) is 5.56 Å². The summed E-state index contributed by atoms with van der Waals surface area (Å²) in [5.41, 5.74) is 2.87. The van der Waals surface area contributed by atoms with Crippen molar-refractivity contribution in [2.75, 3.05) is 7.11 Å². The first-order chi connectivity index (χ1) is 17.3. The summed E-state index contributed by atoms with van der Waals surface area (Å²) in [6.07, 6.45) is -0.0135. The third kappa shape index (κ3) is 7.75. The zero-order valence-electron chi connectivity index (χ0n) is 21.8. The predicted molar refractivity (Wildman–Crippen MR) is 138 cm³/mol. The first kappa shape index (κ1) is 28.1. The number of carboxylic acids is 1. The molecule has 0 heterocycles. The van der Waals surface area contributed by atoms with Crippen LogP contribution in [0.4, 0.5) is 13.2 Å². The Balaban J connectivity index is 1.89. The maximum Gasteiger partial charge on any atom is 0.304 e. The summed E-state index contributed by atoms with van der Waals surface area (Å²) in [6, 6.07) is 16.5. The first-order valence-corrected chi connectivity index (χ1v) is 12.0. The number of carboxylic acid groups (broad SMARTS) is 1. The summed E-state index contributed by atoms with van der Waals surface area (Å²) >= 11 is 0. The lowest BCUT2D eigenvalue weighted by Gasteiger charge is -2.23. The van der Waals surface area contributed by atoms with E-state index < -0.39 is 24.2 Å². The van der Waals surface area contributed by atoms with Crippen LogP contribution in [-0.2, 0) is 17.8 Å². The number of halogens is 3. The molecular weight excluding hydrogens is 481 g/mol. The molecule has 1 N–H and O–H groups in total. The molecule has 3 rings (SSSR count). The van der Waals surface area contributed by atoms with Gasteiger partial charge < -0.3 is 14.6 Å². The molecular formula is C30H33F3O4. The van der Waals surface area contributed by atoms with Gasteiger partial charge in [0.05, 0.1) is 19.4 Å². The van der Waals surface area contributed by atoms with Crippen LogP contribution in [0.3, 0.4) is 0 Å². The number of aliphatic carboxylic acids is 1. The largest absolute Gasteiger partial charge is 0.497 e. The SMILES string of the molecule is COc1ccc(F)c(-c2ccc(OCc3cccc(C(CC(=O)O)C(C)(F)F)c3)cc2CC(C)(C)C)c1. The highest BCUT2D eigenvalue weighted by atomic mass is 19.3. The van der Waals surface area contributed by atoms with Gasteiger partial charge in [-0.25, -0.2) is 13.2 Å². The number of rotatable bonds is 10. The van der Waals surface area contributed by atoms with Crippen LogP contribution in [0.2, 0.25) is 0 Å². The number of methoxy groups -OCH3 is 1. The van der Waals surface area contributed by atoms with Crippen molar-refractivity contribution < 1.29 is 32.5 Å². The Morgan fingerprint density at radius 1 is 0.946 bits per heavy atom. The van der Waals surface area contributed by atoms with Crippen molar-refractivity contribution >= 4 is 5.97 Å². The fourth-order valence-electron chi connectivity index (χ4n) is 4.31. The van der Waals surface area contributed by atoms with Crippen molar-refractivity contribution in [3.05, 3.63) is 83.2 Å². The molecule has 1 unspecified atom stereocenters. The van der Waals surface area contributed by atoms with Crippen LogP contribution < -0.4 is 9.47 Å². The molecule has 0 aliphatic carbocycles. The third-order valence-electron chi connectivity index (χ3n) is 6.01. The van der Waals surface area contributed by atoms with Crippen molar-refractivity contribution in [3.8, 4) is 22.6 Å². The first-order valence-electron chi connectivity index (χ1n) is 12.0. The Labute approximate surface area is 216 Å². The van der Waals surface area contributed by atoms with Crippen LogP contribution in [0.1, 0.15) is 56.7 Å². The highest BCUT2D eigenvalue weighted by molar-refractivity contribution is 5.70. The fourth-order valence-corrected chi connectivity index (χ4v) is 4.31. The molecule has 0 aromatic heterocycles. The molecule has 4 nitrogen and oxygen atoms in total. The van der Waals surface area contributed by atoms with Crippen molar-refractivity contribution in [1.82, 2.24) is 0 Å². The Morgan fingerprint density at radius 3 is 2.27 bits per heavy atom. The number of alkyl halides is 2. The van der Waals surface area contributed by atoms with Crippen molar-refractivity contribution in [3.63, 3.8) is 0 Å². The van der Waals surface area contributed by atoms with Gasteiger partial charge >= 0.3 is 5.97 Å². The Hall–Kier alpha value is -3.48. The van der Waals surface area contributed by atoms with Crippen molar-refractivity contribution in [2.24, 2.45) is 5.41 Å². The number of hydrogen-bond donors (Lipinski definition) is 1. The highest BCUT2D eigenvalue weighted by Gasteiger charge is 2.37. The van der Waals surface area contributed by atoms with E-state index in [-0.39, 0.29) is 23.4 Å². The number of ether oxygens (including phenoxy) is 2. The van der Waals surface area contributed by atoms with E-state index in [4.69, 9.17) is 14.6 Å².